The normalized spacial score (nSPS) is 18.4. The lowest BCUT2D eigenvalue weighted by atomic mass is 10.1. The zero-order valence-electron chi connectivity index (χ0n) is 16.8. The molecule has 5 N–H and O–H groups in total. The number of carbonyl (C=O) groups excluding carboxylic acids is 1. The molecule has 1 unspecified atom stereocenters. The summed E-state index contributed by atoms with van der Waals surface area (Å²) >= 11 is 0. The molecular weight excluding hydrogens is 398 g/mol. The SMILES string of the molecule is COc1ccc(C2=C(Nc3ccc4c(c3)OCO4)N3C=C[NH+](CC(N)=O)C=C3N2)cc1. The number of benzene rings is 2. The fourth-order valence-electron chi connectivity index (χ4n) is 3.65. The number of quaternary nitrogens is 1. The van der Waals surface area contributed by atoms with Crippen LogP contribution in [-0.2, 0) is 4.79 Å². The highest BCUT2D eigenvalue weighted by Gasteiger charge is 2.31. The van der Waals surface area contributed by atoms with E-state index in [1.54, 1.807) is 7.11 Å². The topological polar surface area (TPSA) is 103 Å². The molecule has 9 nitrogen and oxygen atoms in total. The van der Waals surface area contributed by atoms with Crippen LogP contribution in [0.2, 0.25) is 0 Å². The van der Waals surface area contributed by atoms with E-state index >= 15 is 0 Å². The van der Waals surface area contributed by atoms with Gasteiger partial charge in [-0.15, -0.1) is 0 Å². The van der Waals surface area contributed by atoms with Crippen molar-refractivity contribution < 1.29 is 23.9 Å². The maximum absolute atomic E-state index is 11.4. The molecule has 2 aromatic carbocycles. The molecule has 3 aliphatic heterocycles. The van der Waals surface area contributed by atoms with Crippen LogP contribution in [0.5, 0.6) is 17.2 Å². The zero-order chi connectivity index (χ0) is 21.4. The van der Waals surface area contributed by atoms with Crippen molar-refractivity contribution in [1.82, 2.24) is 10.2 Å². The molecule has 3 aliphatic rings. The molecule has 1 atom stereocenters. The Hall–Kier alpha value is -4.11. The first-order valence-corrected chi connectivity index (χ1v) is 9.76. The van der Waals surface area contributed by atoms with Gasteiger partial charge in [0.2, 0.25) is 6.79 Å². The summed E-state index contributed by atoms with van der Waals surface area (Å²) in [6, 6.07) is 13.5. The van der Waals surface area contributed by atoms with Crippen LogP contribution in [0.15, 0.2) is 72.7 Å². The molecule has 158 valence electrons. The van der Waals surface area contributed by atoms with Crippen molar-refractivity contribution in [3.63, 3.8) is 0 Å². The first-order valence-electron chi connectivity index (χ1n) is 9.76. The maximum Gasteiger partial charge on any atom is 0.273 e. The number of carbonyl (C=O) groups is 1. The van der Waals surface area contributed by atoms with Crippen molar-refractivity contribution in [1.29, 1.82) is 0 Å². The third-order valence-electron chi connectivity index (χ3n) is 5.14. The average Bonchev–Trinajstić information content (AvgIpc) is 3.37. The van der Waals surface area contributed by atoms with Crippen molar-refractivity contribution >= 4 is 17.3 Å². The molecule has 3 heterocycles. The summed E-state index contributed by atoms with van der Waals surface area (Å²) in [5, 5.41) is 6.94. The number of hydrogen-bond donors (Lipinski definition) is 4. The summed E-state index contributed by atoms with van der Waals surface area (Å²) in [6.45, 7) is 0.401. The van der Waals surface area contributed by atoms with Crippen molar-refractivity contribution in [2.75, 3.05) is 25.8 Å². The van der Waals surface area contributed by atoms with Crippen LogP contribution < -0.4 is 35.5 Å². The zero-order valence-corrected chi connectivity index (χ0v) is 16.8. The van der Waals surface area contributed by atoms with E-state index in [-0.39, 0.29) is 19.2 Å². The van der Waals surface area contributed by atoms with E-state index in [1.165, 1.54) is 0 Å². The van der Waals surface area contributed by atoms with E-state index in [4.69, 9.17) is 19.9 Å². The minimum absolute atomic E-state index is 0.179. The Morgan fingerprint density at radius 2 is 2.03 bits per heavy atom. The summed E-state index contributed by atoms with van der Waals surface area (Å²) in [7, 11) is 1.64. The molecule has 0 saturated carbocycles. The molecule has 31 heavy (non-hydrogen) atoms. The van der Waals surface area contributed by atoms with Crippen molar-refractivity contribution in [3.8, 4) is 17.2 Å². The first-order chi connectivity index (χ1) is 15.1. The lowest BCUT2D eigenvalue weighted by Gasteiger charge is -2.23. The van der Waals surface area contributed by atoms with Gasteiger partial charge in [-0.05, 0) is 36.4 Å². The quantitative estimate of drug-likeness (QED) is 0.546. The van der Waals surface area contributed by atoms with Gasteiger partial charge in [0.05, 0.1) is 19.0 Å². The number of methoxy groups -OCH3 is 1. The first kappa shape index (κ1) is 18.9. The highest BCUT2D eigenvalue weighted by Crippen LogP contribution is 2.37. The molecule has 0 spiro atoms. The Morgan fingerprint density at radius 3 is 2.81 bits per heavy atom. The van der Waals surface area contributed by atoms with Gasteiger partial charge in [0.1, 0.15) is 24.0 Å². The highest BCUT2D eigenvalue weighted by atomic mass is 16.7. The van der Waals surface area contributed by atoms with Gasteiger partial charge in [-0.25, -0.2) is 0 Å². The number of rotatable bonds is 6. The minimum Gasteiger partial charge on any atom is -0.497 e. The fourth-order valence-corrected chi connectivity index (χ4v) is 3.65. The van der Waals surface area contributed by atoms with E-state index < -0.39 is 0 Å². The number of primary amides is 1. The molecule has 0 saturated heterocycles. The van der Waals surface area contributed by atoms with E-state index in [2.05, 4.69) is 10.6 Å². The summed E-state index contributed by atoms with van der Waals surface area (Å²) in [6.07, 6.45) is 5.71. The smallest absolute Gasteiger partial charge is 0.273 e. The van der Waals surface area contributed by atoms with Gasteiger partial charge in [0.25, 0.3) is 5.91 Å². The average molecular weight is 420 g/mol. The molecule has 9 heteroatoms. The summed E-state index contributed by atoms with van der Waals surface area (Å²) in [4.78, 5) is 14.2. The van der Waals surface area contributed by atoms with Gasteiger partial charge in [0, 0.05) is 17.3 Å². The molecule has 1 amide bonds. The predicted octanol–water partition coefficient (Wildman–Crippen LogP) is 0.721. The monoisotopic (exact) mass is 420 g/mol. The van der Waals surface area contributed by atoms with E-state index in [0.29, 0.717) is 5.75 Å². The molecule has 5 rings (SSSR count). The van der Waals surface area contributed by atoms with Crippen molar-refractivity contribution in [2.45, 2.75) is 0 Å². The van der Waals surface area contributed by atoms with Crippen molar-refractivity contribution in [2.24, 2.45) is 5.73 Å². The number of fused-ring (bicyclic) bond motifs is 2. The van der Waals surface area contributed by atoms with Gasteiger partial charge in [-0.1, -0.05) is 0 Å². The summed E-state index contributed by atoms with van der Waals surface area (Å²) in [5.41, 5.74) is 8.08. The van der Waals surface area contributed by atoms with Gasteiger partial charge >= 0.3 is 0 Å². The second kappa shape index (κ2) is 7.62. The molecular formula is C22H22N5O4+. The highest BCUT2D eigenvalue weighted by molar-refractivity contribution is 5.76. The van der Waals surface area contributed by atoms with Crippen LogP contribution in [0.25, 0.3) is 5.70 Å². The van der Waals surface area contributed by atoms with Gasteiger partial charge in [0.15, 0.2) is 23.9 Å². The number of nitrogens with zero attached hydrogens (tertiary/aromatic N) is 1. The molecule has 0 bridgehead atoms. The Balaban J connectivity index is 1.51. The van der Waals surface area contributed by atoms with E-state index in [9.17, 15) is 4.79 Å². The third-order valence-corrected chi connectivity index (χ3v) is 5.14. The Bertz CT molecular complexity index is 1120. The number of amides is 1. The number of nitrogens with two attached hydrogens (primary N) is 1. The van der Waals surface area contributed by atoms with Crippen LogP contribution in [0.4, 0.5) is 5.69 Å². The second-order valence-corrected chi connectivity index (χ2v) is 7.20. The summed E-state index contributed by atoms with van der Waals surface area (Å²) < 4.78 is 16.2. The lowest BCUT2D eigenvalue weighted by Crippen LogP contribution is -3.05. The standard InChI is InChI=1S/C22H21N5O4/c1-29-16-5-2-14(3-6-16)21-22(24-15-4-7-17-18(10-15)31-13-30-17)27-9-8-26(11-19(23)28)12-20(27)25-21/h2-10,12,24-25H,11,13H2,1H3,(H2,23,28)/p+1. The fraction of sp³-hybridized carbons (Fsp3) is 0.136. The van der Waals surface area contributed by atoms with Crippen molar-refractivity contribution in [3.05, 3.63) is 78.3 Å². The van der Waals surface area contributed by atoms with Gasteiger partial charge < -0.3 is 30.6 Å². The molecule has 0 aromatic heterocycles. The van der Waals surface area contributed by atoms with Crippen LogP contribution >= 0.6 is 0 Å². The van der Waals surface area contributed by atoms with E-state index in [1.807, 2.05) is 66.0 Å². The summed E-state index contributed by atoms with van der Waals surface area (Å²) in [5.74, 6) is 3.50. The van der Waals surface area contributed by atoms with Crippen LogP contribution in [0.1, 0.15) is 5.56 Å². The predicted molar refractivity (Wildman–Crippen MR) is 113 cm³/mol. The number of ether oxygens (including phenoxy) is 3. The molecule has 0 radical (unpaired) electrons. The van der Waals surface area contributed by atoms with Gasteiger partial charge in [-0.2, -0.15) is 0 Å². The van der Waals surface area contributed by atoms with Crippen LogP contribution in [-0.4, -0.2) is 31.3 Å². The minimum atomic E-state index is -0.370. The van der Waals surface area contributed by atoms with E-state index in [0.717, 1.165) is 45.0 Å². The number of nitrogens with one attached hydrogen (secondary N) is 3. The maximum atomic E-state index is 11.4. The number of hydrogen-bond acceptors (Lipinski definition) is 7. The Labute approximate surface area is 179 Å². The molecule has 0 fully saturated rings. The van der Waals surface area contributed by atoms with Gasteiger partial charge in [-0.3, -0.25) is 14.6 Å². The van der Waals surface area contributed by atoms with Crippen LogP contribution in [0.3, 0.4) is 0 Å². The second-order valence-electron chi connectivity index (χ2n) is 7.20. The third kappa shape index (κ3) is 3.62. The lowest BCUT2D eigenvalue weighted by molar-refractivity contribution is -0.783. The molecule has 2 aromatic rings. The Morgan fingerprint density at radius 1 is 1.23 bits per heavy atom. The molecule has 0 aliphatic carbocycles. The largest absolute Gasteiger partial charge is 0.497 e. The Kier molecular flexibility index (Phi) is 4.64. The number of anilines is 1. The van der Waals surface area contributed by atoms with Crippen LogP contribution in [0, 0.1) is 0 Å².